The Morgan fingerprint density at radius 1 is 1.10 bits per heavy atom. The molecule has 0 atom stereocenters. The van der Waals surface area contributed by atoms with Crippen molar-refractivity contribution in [2.24, 2.45) is 0 Å². The van der Waals surface area contributed by atoms with Gasteiger partial charge < -0.3 is 20.3 Å². The molecule has 112 valence electrons. The van der Waals surface area contributed by atoms with Gasteiger partial charge in [0.2, 0.25) is 5.95 Å². The Hall–Kier alpha value is -2.41. The van der Waals surface area contributed by atoms with Crippen molar-refractivity contribution >= 4 is 5.95 Å². The van der Waals surface area contributed by atoms with E-state index in [1.807, 2.05) is 26.0 Å². The monoisotopic (exact) mass is 290 g/mol. The number of nitrogens with zero attached hydrogens (tertiary/aromatic N) is 3. The van der Waals surface area contributed by atoms with Crippen LogP contribution in [-0.2, 0) is 6.42 Å². The molecule has 1 aromatic carbocycles. The molecule has 0 unspecified atom stereocenters. The first-order chi connectivity index (χ1) is 10.1. The Bertz CT molecular complexity index is 587. The van der Waals surface area contributed by atoms with Crippen LogP contribution in [0.15, 0.2) is 24.3 Å². The zero-order valence-corrected chi connectivity index (χ0v) is 12.0. The molecule has 0 saturated heterocycles. The summed E-state index contributed by atoms with van der Waals surface area (Å²) in [5, 5.41) is 8.87. The molecule has 0 aliphatic carbocycles. The molecule has 2 rings (SSSR count). The number of hydrogen-bond acceptors (Lipinski definition) is 7. The van der Waals surface area contributed by atoms with Crippen molar-refractivity contribution in [2.75, 3.05) is 12.3 Å². The minimum absolute atomic E-state index is 0.0348. The lowest BCUT2D eigenvalue weighted by molar-refractivity contribution is 0.219. The summed E-state index contributed by atoms with van der Waals surface area (Å²) in [6, 6.07) is 7.47. The summed E-state index contributed by atoms with van der Waals surface area (Å²) in [4.78, 5) is 11.8. The van der Waals surface area contributed by atoms with Crippen LogP contribution in [0.25, 0.3) is 0 Å². The lowest BCUT2D eigenvalue weighted by Gasteiger charge is -2.09. The fraction of sp³-hybridized carbons (Fsp3) is 0.357. The van der Waals surface area contributed by atoms with Gasteiger partial charge in [-0.1, -0.05) is 12.1 Å². The molecule has 0 radical (unpaired) electrons. The normalized spacial score (nSPS) is 10.7. The second kappa shape index (κ2) is 6.85. The smallest absolute Gasteiger partial charge is 0.330 e. The minimum atomic E-state index is -0.0718. The van der Waals surface area contributed by atoms with Gasteiger partial charge in [-0.3, -0.25) is 0 Å². The molecule has 7 heteroatoms. The minimum Gasteiger partial charge on any atom is -0.461 e. The first-order valence-electron chi connectivity index (χ1n) is 6.62. The van der Waals surface area contributed by atoms with Crippen molar-refractivity contribution in [1.82, 2.24) is 15.0 Å². The third-order valence-corrected chi connectivity index (χ3v) is 2.49. The van der Waals surface area contributed by atoms with Gasteiger partial charge >= 0.3 is 12.0 Å². The van der Waals surface area contributed by atoms with Crippen LogP contribution in [0.3, 0.4) is 0 Å². The Morgan fingerprint density at radius 2 is 1.76 bits per heavy atom. The van der Waals surface area contributed by atoms with Crippen LogP contribution in [-0.4, -0.2) is 32.8 Å². The zero-order chi connectivity index (χ0) is 15.2. The lowest BCUT2D eigenvalue weighted by atomic mass is 10.1. The van der Waals surface area contributed by atoms with Gasteiger partial charge in [0.25, 0.3) is 0 Å². The molecule has 0 bridgehead atoms. The Labute approximate surface area is 122 Å². The summed E-state index contributed by atoms with van der Waals surface area (Å²) in [6.07, 6.45) is 0.531. The fourth-order valence-electron chi connectivity index (χ4n) is 1.62. The molecule has 0 aliphatic heterocycles. The fourth-order valence-corrected chi connectivity index (χ4v) is 1.62. The number of rotatable bonds is 6. The Kier molecular flexibility index (Phi) is 4.89. The first-order valence-corrected chi connectivity index (χ1v) is 6.62. The van der Waals surface area contributed by atoms with Gasteiger partial charge in [-0.05, 0) is 38.0 Å². The predicted octanol–water partition coefficient (Wildman–Crippen LogP) is 1.57. The van der Waals surface area contributed by atoms with Crippen LogP contribution < -0.4 is 15.2 Å². The highest BCUT2D eigenvalue weighted by Gasteiger charge is 2.09. The van der Waals surface area contributed by atoms with Crippen LogP contribution in [0.4, 0.5) is 5.95 Å². The largest absolute Gasteiger partial charge is 0.461 e. The molecule has 0 fully saturated rings. The molecule has 0 aliphatic rings. The van der Waals surface area contributed by atoms with E-state index in [9.17, 15) is 0 Å². The molecule has 2 aromatic rings. The highest BCUT2D eigenvalue weighted by Crippen LogP contribution is 2.20. The molecule has 0 spiro atoms. The van der Waals surface area contributed by atoms with E-state index in [0.29, 0.717) is 12.2 Å². The van der Waals surface area contributed by atoms with E-state index in [1.165, 1.54) is 0 Å². The summed E-state index contributed by atoms with van der Waals surface area (Å²) in [5.41, 5.74) is 6.62. The van der Waals surface area contributed by atoms with E-state index < -0.39 is 0 Å². The zero-order valence-electron chi connectivity index (χ0n) is 12.0. The molecule has 1 aromatic heterocycles. The quantitative estimate of drug-likeness (QED) is 0.832. The van der Waals surface area contributed by atoms with Crippen molar-refractivity contribution in [3.63, 3.8) is 0 Å². The molecular weight excluding hydrogens is 272 g/mol. The van der Waals surface area contributed by atoms with Crippen molar-refractivity contribution in [2.45, 2.75) is 26.4 Å². The van der Waals surface area contributed by atoms with Gasteiger partial charge in [0, 0.05) is 6.61 Å². The molecule has 0 saturated carbocycles. The van der Waals surface area contributed by atoms with Crippen LogP contribution in [0, 0.1) is 0 Å². The summed E-state index contributed by atoms with van der Waals surface area (Å²) >= 11 is 0. The van der Waals surface area contributed by atoms with Crippen molar-refractivity contribution in [3.8, 4) is 17.8 Å². The van der Waals surface area contributed by atoms with Gasteiger partial charge in [0.15, 0.2) is 0 Å². The van der Waals surface area contributed by atoms with Crippen molar-refractivity contribution in [3.05, 3.63) is 29.8 Å². The van der Waals surface area contributed by atoms with Crippen LogP contribution in [0.2, 0.25) is 0 Å². The Balaban J connectivity index is 2.12. The third-order valence-electron chi connectivity index (χ3n) is 2.49. The van der Waals surface area contributed by atoms with Crippen LogP contribution >= 0.6 is 0 Å². The van der Waals surface area contributed by atoms with Gasteiger partial charge in [0.1, 0.15) is 5.75 Å². The predicted molar refractivity (Wildman–Crippen MR) is 77.3 cm³/mol. The van der Waals surface area contributed by atoms with E-state index >= 15 is 0 Å². The van der Waals surface area contributed by atoms with Gasteiger partial charge in [-0.15, -0.1) is 4.98 Å². The average Bonchev–Trinajstić information content (AvgIpc) is 2.40. The maximum Gasteiger partial charge on any atom is 0.330 e. The van der Waals surface area contributed by atoms with E-state index in [2.05, 4.69) is 15.0 Å². The lowest BCUT2D eigenvalue weighted by Crippen LogP contribution is -2.11. The molecule has 7 nitrogen and oxygen atoms in total. The number of anilines is 1. The molecule has 0 amide bonds. The summed E-state index contributed by atoms with van der Waals surface area (Å²) in [6.45, 7) is 3.83. The number of aromatic nitrogens is 3. The molecule has 3 N–H and O–H groups in total. The number of hydrogen-bond donors (Lipinski definition) is 2. The van der Waals surface area contributed by atoms with Gasteiger partial charge in [0.05, 0.1) is 6.10 Å². The molecule has 1 heterocycles. The maximum atomic E-state index is 8.87. The first kappa shape index (κ1) is 15.0. The highest BCUT2D eigenvalue weighted by molar-refractivity contribution is 5.30. The Morgan fingerprint density at radius 3 is 2.38 bits per heavy atom. The van der Waals surface area contributed by atoms with E-state index in [0.717, 1.165) is 5.56 Å². The van der Waals surface area contributed by atoms with E-state index in [-0.39, 0.29) is 30.7 Å². The number of aliphatic hydroxyl groups excluding tert-OH is 1. The van der Waals surface area contributed by atoms with Crippen molar-refractivity contribution < 1.29 is 14.6 Å². The maximum absolute atomic E-state index is 8.87. The third kappa shape index (κ3) is 4.57. The highest BCUT2D eigenvalue weighted by atomic mass is 16.5. The summed E-state index contributed by atoms with van der Waals surface area (Å²) in [5.74, 6) is 0.602. The van der Waals surface area contributed by atoms with E-state index in [4.69, 9.17) is 20.3 Å². The number of benzene rings is 1. The molecular formula is C14H18N4O3. The average molecular weight is 290 g/mol. The summed E-state index contributed by atoms with van der Waals surface area (Å²) in [7, 11) is 0. The number of nitrogens with two attached hydrogens (primary N) is 1. The van der Waals surface area contributed by atoms with Gasteiger partial charge in [-0.25, -0.2) is 0 Å². The second-order valence-corrected chi connectivity index (χ2v) is 4.64. The number of ether oxygens (including phenoxy) is 2. The topological polar surface area (TPSA) is 103 Å². The standard InChI is InChI=1S/C14H18N4O3/c1-9(2)20-13-16-12(15)17-14(18-13)21-11-5-3-10(4-6-11)7-8-19/h3-6,9,19H,7-8H2,1-2H3,(H2,15,16,17,18). The summed E-state index contributed by atoms with van der Waals surface area (Å²) < 4.78 is 10.9. The van der Waals surface area contributed by atoms with Crippen LogP contribution in [0.5, 0.6) is 17.8 Å². The SMILES string of the molecule is CC(C)Oc1nc(N)nc(Oc2ccc(CCO)cc2)n1. The van der Waals surface area contributed by atoms with Crippen molar-refractivity contribution in [1.29, 1.82) is 0 Å². The van der Waals surface area contributed by atoms with Crippen LogP contribution in [0.1, 0.15) is 19.4 Å². The van der Waals surface area contributed by atoms with E-state index in [1.54, 1.807) is 12.1 Å². The number of nitrogen functional groups attached to an aromatic ring is 1. The molecule has 21 heavy (non-hydrogen) atoms. The van der Waals surface area contributed by atoms with Gasteiger partial charge in [-0.2, -0.15) is 9.97 Å². The second-order valence-electron chi connectivity index (χ2n) is 4.64. The number of aliphatic hydroxyl groups is 1.